The fourth-order valence-corrected chi connectivity index (χ4v) is 3.35. The normalized spacial score (nSPS) is 14.5. The van der Waals surface area contributed by atoms with E-state index in [-0.39, 0.29) is 0 Å². The highest BCUT2D eigenvalue weighted by Gasteiger charge is 2.15. The molecule has 154 valence electrons. The molecule has 0 radical (unpaired) electrons. The van der Waals surface area contributed by atoms with Crippen molar-refractivity contribution in [2.75, 3.05) is 50.0 Å². The van der Waals surface area contributed by atoms with Gasteiger partial charge in [-0.3, -0.25) is 9.59 Å². The van der Waals surface area contributed by atoms with Crippen molar-refractivity contribution in [3.05, 3.63) is 59.2 Å². The Kier molecular flexibility index (Phi) is 6.88. The van der Waals surface area contributed by atoms with Crippen molar-refractivity contribution in [2.24, 2.45) is 0 Å². The van der Waals surface area contributed by atoms with E-state index in [4.69, 9.17) is 0 Å². The lowest BCUT2D eigenvalue weighted by atomic mass is 10.1. The third kappa shape index (κ3) is 5.81. The molecule has 1 aliphatic rings. The number of piperazine rings is 1. The Labute approximate surface area is 172 Å². The van der Waals surface area contributed by atoms with Gasteiger partial charge in [-0.2, -0.15) is 0 Å². The lowest BCUT2D eigenvalue weighted by Gasteiger charge is -2.34. The molecule has 0 saturated carbocycles. The molecular weight excluding hydrogens is 364 g/mol. The number of hydrogen-bond acceptors (Lipinski definition) is 4. The third-order valence-corrected chi connectivity index (χ3v) is 5.48. The van der Waals surface area contributed by atoms with Gasteiger partial charge in [0.25, 0.3) is 0 Å². The van der Waals surface area contributed by atoms with E-state index in [0.29, 0.717) is 18.7 Å². The average Bonchev–Trinajstić information content (AvgIpc) is 2.72. The number of hydrogen-bond donors (Lipinski definition) is 2. The predicted molar refractivity (Wildman–Crippen MR) is 117 cm³/mol. The van der Waals surface area contributed by atoms with E-state index in [1.54, 1.807) is 6.07 Å². The van der Waals surface area contributed by atoms with Gasteiger partial charge < -0.3 is 20.4 Å². The maximum atomic E-state index is 12.1. The van der Waals surface area contributed by atoms with Crippen LogP contribution in [0.25, 0.3) is 0 Å². The topological polar surface area (TPSA) is 64.7 Å². The van der Waals surface area contributed by atoms with Crippen molar-refractivity contribution in [2.45, 2.75) is 20.3 Å². The monoisotopic (exact) mass is 394 g/mol. The minimum absolute atomic E-state index is 0.424. The van der Waals surface area contributed by atoms with Gasteiger partial charge >= 0.3 is 11.8 Å². The van der Waals surface area contributed by atoms with Crippen LogP contribution in [-0.2, 0) is 16.0 Å². The first-order valence-electron chi connectivity index (χ1n) is 10.1. The van der Waals surface area contributed by atoms with Crippen LogP contribution in [0, 0.1) is 13.8 Å². The molecular formula is C23H30N4O2. The van der Waals surface area contributed by atoms with Crippen molar-refractivity contribution in [1.82, 2.24) is 10.2 Å². The third-order valence-electron chi connectivity index (χ3n) is 5.48. The van der Waals surface area contributed by atoms with Crippen molar-refractivity contribution < 1.29 is 9.59 Å². The number of carbonyl (C=O) groups is 2. The number of benzene rings is 2. The van der Waals surface area contributed by atoms with Gasteiger partial charge in [0, 0.05) is 44.1 Å². The van der Waals surface area contributed by atoms with Gasteiger partial charge in [-0.15, -0.1) is 0 Å². The molecule has 2 amide bonds. The lowest BCUT2D eigenvalue weighted by molar-refractivity contribution is -0.136. The zero-order valence-corrected chi connectivity index (χ0v) is 17.5. The van der Waals surface area contributed by atoms with Gasteiger partial charge in [0.15, 0.2) is 0 Å². The second kappa shape index (κ2) is 9.56. The van der Waals surface area contributed by atoms with Crippen molar-refractivity contribution in [3.8, 4) is 0 Å². The molecule has 6 nitrogen and oxygen atoms in total. The summed E-state index contributed by atoms with van der Waals surface area (Å²) in [6.45, 7) is 8.65. The summed E-state index contributed by atoms with van der Waals surface area (Å²) in [7, 11) is 2.15. The van der Waals surface area contributed by atoms with E-state index in [1.807, 2.05) is 26.0 Å². The van der Waals surface area contributed by atoms with Crippen LogP contribution < -0.4 is 15.5 Å². The van der Waals surface area contributed by atoms with Gasteiger partial charge in [0.1, 0.15) is 0 Å². The molecule has 0 spiro atoms. The van der Waals surface area contributed by atoms with E-state index >= 15 is 0 Å². The summed E-state index contributed by atoms with van der Waals surface area (Å²) in [5.74, 6) is -1.25. The molecule has 0 unspecified atom stereocenters. The van der Waals surface area contributed by atoms with E-state index in [2.05, 4.69) is 51.7 Å². The van der Waals surface area contributed by atoms with Gasteiger partial charge in [-0.05, 0) is 68.3 Å². The molecule has 2 aromatic carbocycles. The first kappa shape index (κ1) is 20.9. The number of rotatable bonds is 5. The van der Waals surface area contributed by atoms with Gasteiger partial charge in [0.05, 0.1) is 0 Å². The summed E-state index contributed by atoms with van der Waals surface area (Å²) < 4.78 is 0. The first-order chi connectivity index (χ1) is 13.9. The summed E-state index contributed by atoms with van der Waals surface area (Å²) in [5, 5.41) is 5.34. The van der Waals surface area contributed by atoms with Crippen LogP contribution in [0.4, 0.5) is 11.4 Å². The van der Waals surface area contributed by atoms with E-state index in [1.165, 1.54) is 5.69 Å². The molecule has 0 aromatic heterocycles. The summed E-state index contributed by atoms with van der Waals surface area (Å²) in [5.41, 5.74) is 5.22. The van der Waals surface area contributed by atoms with Gasteiger partial charge in [-0.25, -0.2) is 0 Å². The molecule has 3 rings (SSSR count). The zero-order chi connectivity index (χ0) is 20.8. The summed E-state index contributed by atoms with van der Waals surface area (Å²) in [4.78, 5) is 28.8. The van der Waals surface area contributed by atoms with Gasteiger partial charge in [0.2, 0.25) is 0 Å². The molecule has 2 N–H and O–H groups in total. The summed E-state index contributed by atoms with van der Waals surface area (Å²) in [6.07, 6.45) is 0.686. The van der Waals surface area contributed by atoms with Crippen LogP contribution in [0.5, 0.6) is 0 Å². The van der Waals surface area contributed by atoms with E-state index < -0.39 is 11.8 Å². The number of amides is 2. The van der Waals surface area contributed by atoms with E-state index in [9.17, 15) is 9.59 Å². The fourth-order valence-electron chi connectivity index (χ4n) is 3.35. The Hall–Kier alpha value is -2.86. The number of anilines is 2. The summed E-state index contributed by atoms with van der Waals surface area (Å²) in [6, 6.07) is 14.0. The molecule has 6 heteroatoms. The quantitative estimate of drug-likeness (QED) is 0.764. The van der Waals surface area contributed by atoms with Crippen LogP contribution in [0.1, 0.15) is 16.7 Å². The Bertz CT molecular complexity index is 856. The smallest absolute Gasteiger partial charge is 0.313 e. The molecule has 1 saturated heterocycles. The average molecular weight is 395 g/mol. The van der Waals surface area contributed by atoms with Crippen molar-refractivity contribution in [1.29, 1.82) is 0 Å². The fraction of sp³-hybridized carbons (Fsp3) is 0.391. The predicted octanol–water partition coefficient (Wildman–Crippen LogP) is 2.35. The van der Waals surface area contributed by atoms with Crippen LogP contribution >= 0.6 is 0 Å². The second-order valence-electron chi connectivity index (χ2n) is 7.72. The van der Waals surface area contributed by atoms with Crippen molar-refractivity contribution in [3.63, 3.8) is 0 Å². The van der Waals surface area contributed by atoms with Crippen LogP contribution in [-0.4, -0.2) is 56.5 Å². The maximum Gasteiger partial charge on any atom is 0.313 e. The molecule has 1 fully saturated rings. The molecule has 0 aliphatic carbocycles. The Morgan fingerprint density at radius 1 is 0.897 bits per heavy atom. The first-order valence-corrected chi connectivity index (χ1v) is 10.1. The number of nitrogens with zero attached hydrogens (tertiary/aromatic N) is 2. The molecule has 2 aromatic rings. The Balaban J connectivity index is 1.43. The standard InChI is InChI=1S/C23H30N4O2/c1-17-4-7-20(16-18(17)2)25-23(29)22(28)24-11-10-19-5-8-21(9-6-19)27-14-12-26(3)13-15-27/h4-9,16H,10-15H2,1-3H3,(H,24,28)(H,25,29). The number of carbonyl (C=O) groups excluding carboxylic acids is 2. The van der Waals surface area contributed by atoms with Crippen LogP contribution in [0.2, 0.25) is 0 Å². The lowest BCUT2D eigenvalue weighted by Crippen LogP contribution is -2.44. The van der Waals surface area contributed by atoms with Crippen molar-refractivity contribution >= 4 is 23.2 Å². The van der Waals surface area contributed by atoms with Crippen LogP contribution in [0.3, 0.4) is 0 Å². The van der Waals surface area contributed by atoms with Crippen LogP contribution in [0.15, 0.2) is 42.5 Å². The number of likely N-dealkylation sites (N-methyl/N-ethyl adjacent to an activating group) is 1. The van der Waals surface area contributed by atoms with Gasteiger partial charge in [-0.1, -0.05) is 18.2 Å². The highest BCUT2D eigenvalue weighted by atomic mass is 16.2. The summed E-state index contributed by atoms with van der Waals surface area (Å²) >= 11 is 0. The molecule has 1 aliphatic heterocycles. The minimum atomic E-state index is -0.640. The van der Waals surface area contributed by atoms with E-state index in [0.717, 1.165) is 42.9 Å². The highest BCUT2D eigenvalue weighted by Crippen LogP contribution is 2.17. The molecule has 29 heavy (non-hydrogen) atoms. The minimum Gasteiger partial charge on any atom is -0.369 e. The maximum absolute atomic E-state index is 12.1. The largest absolute Gasteiger partial charge is 0.369 e. The second-order valence-corrected chi connectivity index (χ2v) is 7.72. The zero-order valence-electron chi connectivity index (χ0n) is 17.5. The SMILES string of the molecule is Cc1ccc(NC(=O)C(=O)NCCc2ccc(N3CCN(C)CC3)cc2)cc1C. The molecule has 0 bridgehead atoms. The molecule has 1 heterocycles. The molecule has 0 atom stereocenters. The number of nitrogens with one attached hydrogen (secondary N) is 2. The highest BCUT2D eigenvalue weighted by molar-refractivity contribution is 6.39. The Morgan fingerprint density at radius 2 is 1.59 bits per heavy atom. The number of aryl methyl sites for hydroxylation is 2. The Morgan fingerprint density at radius 3 is 2.24 bits per heavy atom.